The van der Waals surface area contributed by atoms with Gasteiger partial charge < -0.3 is 25.0 Å². The van der Waals surface area contributed by atoms with Gasteiger partial charge in [0.1, 0.15) is 28.7 Å². The molecule has 6 rings (SSSR count). The molecule has 45 heavy (non-hydrogen) atoms. The molecule has 1 spiro atoms. The number of fused-ring (bicyclic) bond motifs is 2. The third-order valence-electron chi connectivity index (χ3n) is 8.67. The summed E-state index contributed by atoms with van der Waals surface area (Å²) in [6.45, 7) is 6.46. The van der Waals surface area contributed by atoms with Crippen LogP contribution in [0.15, 0.2) is 65.1 Å². The Bertz CT molecular complexity index is 1670. The average Bonchev–Trinajstić information content (AvgIpc) is 3.25. The normalized spacial score (nSPS) is 23.4. The fourth-order valence-corrected chi connectivity index (χ4v) is 7.34. The van der Waals surface area contributed by atoms with Crippen LogP contribution in [0.4, 0.5) is 14.9 Å². The van der Waals surface area contributed by atoms with Gasteiger partial charge in [0.25, 0.3) is 0 Å². The number of likely N-dealkylation sites (tertiary alicyclic amines) is 1. The van der Waals surface area contributed by atoms with Gasteiger partial charge in [-0.05, 0) is 74.4 Å². The maximum Gasteiger partial charge on any atom is 0.410 e. The average molecular weight is 699 g/mol. The van der Waals surface area contributed by atoms with Crippen LogP contribution in [-0.2, 0) is 19.7 Å². The lowest BCUT2D eigenvalue weighted by Crippen LogP contribution is -2.57. The zero-order valence-electron chi connectivity index (χ0n) is 25.2. The molecule has 0 aliphatic carbocycles. The Hall–Kier alpha value is -3.63. The Morgan fingerprint density at radius 1 is 1.07 bits per heavy atom. The van der Waals surface area contributed by atoms with Crippen molar-refractivity contribution in [3.63, 3.8) is 0 Å². The quantitative estimate of drug-likeness (QED) is 0.299. The van der Waals surface area contributed by atoms with Crippen LogP contribution >= 0.6 is 27.5 Å². The number of ether oxygens (including phenoxy) is 2. The van der Waals surface area contributed by atoms with Crippen molar-refractivity contribution >= 4 is 51.1 Å². The highest BCUT2D eigenvalue weighted by molar-refractivity contribution is 9.10. The first-order chi connectivity index (χ1) is 21.3. The molecule has 3 aliphatic rings. The van der Waals surface area contributed by atoms with Gasteiger partial charge in [0, 0.05) is 59.0 Å². The van der Waals surface area contributed by atoms with Gasteiger partial charge in [0.15, 0.2) is 0 Å². The molecule has 236 valence electrons. The highest BCUT2D eigenvalue weighted by Gasteiger charge is 2.61. The predicted octanol–water partition coefficient (Wildman–Crippen LogP) is 7.25. The Labute approximate surface area is 274 Å². The van der Waals surface area contributed by atoms with Gasteiger partial charge in [-0.25, -0.2) is 9.18 Å². The highest BCUT2D eigenvalue weighted by atomic mass is 79.9. The first kappa shape index (κ1) is 31.4. The van der Waals surface area contributed by atoms with E-state index in [1.807, 2.05) is 39.0 Å². The minimum atomic E-state index is -1.35. The summed E-state index contributed by atoms with van der Waals surface area (Å²) < 4.78 is 27.5. The molecular weight excluding hydrogens is 665 g/mol. The molecule has 0 bridgehead atoms. The fourth-order valence-electron chi connectivity index (χ4n) is 6.79. The number of halogens is 3. The van der Waals surface area contributed by atoms with Gasteiger partial charge in [-0.15, -0.1) is 0 Å². The van der Waals surface area contributed by atoms with E-state index >= 15 is 0 Å². The fraction of sp³-hybridized carbons (Fsp3) is 0.382. The van der Waals surface area contributed by atoms with Crippen molar-refractivity contribution in [1.82, 2.24) is 10.2 Å². The van der Waals surface area contributed by atoms with Crippen molar-refractivity contribution in [1.29, 1.82) is 0 Å². The van der Waals surface area contributed by atoms with Gasteiger partial charge in [-0.3, -0.25) is 9.59 Å². The number of amides is 3. The lowest BCUT2D eigenvalue weighted by atomic mass is 9.59. The van der Waals surface area contributed by atoms with Crippen LogP contribution in [0.3, 0.4) is 0 Å². The predicted molar refractivity (Wildman–Crippen MR) is 172 cm³/mol. The Balaban J connectivity index is 1.40. The number of benzene rings is 3. The van der Waals surface area contributed by atoms with Gasteiger partial charge in [-0.1, -0.05) is 45.7 Å². The van der Waals surface area contributed by atoms with E-state index in [1.165, 1.54) is 12.1 Å². The second-order valence-electron chi connectivity index (χ2n) is 12.8. The van der Waals surface area contributed by atoms with E-state index in [4.69, 9.17) is 21.1 Å². The van der Waals surface area contributed by atoms with Crippen LogP contribution < -0.4 is 15.4 Å². The molecule has 8 nitrogen and oxygen atoms in total. The standard InChI is InChI=1S/C34H34BrClFN3O5/c1-33(2,3)45-32(43)40-13-11-23(12-14-40)44-28-10-7-20(35)16-24(28)26-18-29(41)39-30(19-5-4-6-22(37)15-19)34(26)25-9-8-21(36)17-27(25)38-31(34)42/h4-10,15-17,23,26,30H,11-14,18H2,1-3H3,(H,38,42)(H,39,41)/t26-,30+,34?/m1/s1. The summed E-state index contributed by atoms with van der Waals surface area (Å²) in [4.78, 5) is 42.1. The molecule has 3 heterocycles. The van der Waals surface area contributed by atoms with Crippen molar-refractivity contribution in [2.24, 2.45) is 0 Å². The van der Waals surface area contributed by atoms with Gasteiger partial charge in [0.05, 0.1) is 6.04 Å². The summed E-state index contributed by atoms with van der Waals surface area (Å²) in [5.74, 6) is -1.21. The number of rotatable bonds is 4. The summed E-state index contributed by atoms with van der Waals surface area (Å²) in [5.41, 5.74) is 0.417. The molecule has 11 heteroatoms. The van der Waals surface area contributed by atoms with Crippen LogP contribution in [0, 0.1) is 5.82 Å². The monoisotopic (exact) mass is 697 g/mol. The molecule has 2 saturated heterocycles. The maximum atomic E-state index is 14.6. The maximum absolute atomic E-state index is 14.6. The zero-order chi connectivity index (χ0) is 32.1. The molecule has 3 atom stereocenters. The van der Waals surface area contributed by atoms with Crippen LogP contribution in [0.2, 0.25) is 5.02 Å². The summed E-state index contributed by atoms with van der Waals surface area (Å²) in [5, 5.41) is 6.48. The Morgan fingerprint density at radius 2 is 1.82 bits per heavy atom. The molecule has 0 aromatic heterocycles. The van der Waals surface area contributed by atoms with E-state index in [-0.39, 0.29) is 30.4 Å². The number of carbonyl (C=O) groups excluding carboxylic acids is 3. The van der Waals surface area contributed by atoms with Crippen molar-refractivity contribution in [3.05, 3.63) is 92.7 Å². The number of nitrogens with zero attached hydrogens (tertiary/aromatic N) is 1. The zero-order valence-corrected chi connectivity index (χ0v) is 27.5. The van der Waals surface area contributed by atoms with Crippen LogP contribution in [0.5, 0.6) is 5.75 Å². The number of hydrogen-bond donors (Lipinski definition) is 2. The number of hydrogen-bond acceptors (Lipinski definition) is 5. The smallest absolute Gasteiger partial charge is 0.410 e. The van der Waals surface area contributed by atoms with Crippen molar-refractivity contribution in [2.45, 2.75) is 69.1 Å². The van der Waals surface area contributed by atoms with Crippen LogP contribution in [0.25, 0.3) is 0 Å². The lowest BCUT2D eigenvalue weighted by Gasteiger charge is -2.46. The van der Waals surface area contributed by atoms with E-state index in [0.717, 1.165) is 4.47 Å². The summed E-state index contributed by atoms with van der Waals surface area (Å²) in [6.07, 6.45) is 0.595. The minimum Gasteiger partial charge on any atom is -0.490 e. The van der Waals surface area contributed by atoms with Gasteiger partial charge in [0.2, 0.25) is 11.8 Å². The first-order valence-electron chi connectivity index (χ1n) is 15.0. The van der Waals surface area contributed by atoms with E-state index in [9.17, 15) is 18.8 Å². The molecule has 1 unspecified atom stereocenters. The lowest BCUT2D eigenvalue weighted by molar-refractivity contribution is -0.131. The third kappa shape index (κ3) is 6.02. The third-order valence-corrected chi connectivity index (χ3v) is 9.40. The molecular formula is C34H34BrClFN3O5. The van der Waals surface area contributed by atoms with Gasteiger partial charge >= 0.3 is 6.09 Å². The topological polar surface area (TPSA) is 97.0 Å². The van der Waals surface area contributed by atoms with E-state index < -0.39 is 28.8 Å². The molecule has 0 radical (unpaired) electrons. The minimum absolute atomic E-state index is 0.00873. The number of anilines is 1. The van der Waals surface area contributed by atoms with Crippen molar-refractivity contribution in [2.75, 3.05) is 18.4 Å². The Morgan fingerprint density at radius 3 is 2.53 bits per heavy atom. The van der Waals surface area contributed by atoms with Crippen molar-refractivity contribution < 1.29 is 28.2 Å². The molecule has 3 aromatic rings. The van der Waals surface area contributed by atoms with Crippen LogP contribution in [-0.4, -0.2) is 47.6 Å². The van der Waals surface area contributed by atoms with E-state index in [1.54, 1.807) is 35.2 Å². The molecule has 3 aromatic carbocycles. The molecule has 3 amide bonds. The van der Waals surface area contributed by atoms with E-state index in [2.05, 4.69) is 26.6 Å². The summed E-state index contributed by atoms with van der Waals surface area (Å²) in [7, 11) is 0. The SMILES string of the molecule is CC(C)(C)OC(=O)N1CCC(Oc2ccc(Br)cc2[C@H]2CC(=O)N[C@@H](c3cccc(F)c3)C23C(=O)Nc2cc(Cl)ccc23)CC1. The second kappa shape index (κ2) is 11.9. The number of carbonyl (C=O) groups is 3. The number of piperidine rings is 2. The highest BCUT2D eigenvalue weighted by Crippen LogP contribution is 2.59. The summed E-state index contributed by atoms with van der Waals surface area (Å²) >= 11 is 9.93. The molecule has 2 fully saturated rings. The molecule has 3 aliphatic heterocycles. The first-order valence-corrected chi connectivity index (χ1v) is 16.1. The van der Waals surface area contributed by atoms with E-state index in [0.29, 0.717) is 59.1 Å². The largest absolute Gasteiger partial charge is 0.490 e. The van der Waals surface area contributed by atoms with Crippen molar-refractivity contribution in [3.8, 4) is 5.75 Å². The Kier molecular flexibility index (Phi) is 8.33. The molecule has 2 N–H and O–H groups in total. The van der Waals surface area contributed by atoms with Crippen LogP contribution in [0.1, 0.15) is 68.7 Å². The van der Waals surface area contributed by atoms with Gasteiger partial charge in [-0.2, -0.15) is 0 Å². The molecule has 0 saturated carbocycles. The number of nitrogens with one attached hydrogen (secondary N) is 2. The summed E-state index contributed by atoms with van der Waals surface area (Å²) in [6, 6.07) is 15.9. The second-order valence-corrected chi connectivity index (χ2v) is 14.1.